The highest BCUT2D eigenvalue weighted by Crippen LogP contribution is 2.26. The van der Waals surface area contributed by atoms with Crippen LogP contribution in [-0.2, 0) is 4.79 Å². The lowest BCUT2D eigenvalue weighted by atomic mass is 10.0. The van der Waals surface area contributed by atoms with Crippen molar-refractivity contribution in [2.75, 3.05) is 11.9 Å². The van der Waals surface area contributed by atoms with Crippen molar-refractivity contribution >= 4 is 29.0 Å². The van der Waals surface area contributed by atoms with Crippen LogP contribution in [0.15, 0.2) is 60.7 Å². The molecule has 3 rings (SSSR count). The van der Waals surface area contributed by atoms with E-state index in [1.54, 1.807) is 42.5 Å². The first-order valence-electron chi connectivity index (χ1n) is 9.25. The second kappa shape index (κ2) is 8.93. The number of anilines is 1. The lowest BCUT2D eigenvalue weighted by Crippen LogP contribution is -2.22. The lowest BCUT2D eigenvalue weighted by Gasteiger charge is -2.15. The van der Waals surface area contributed by atoms with Crippen LogP contribution in [0.3, 0.4) is 0 Å². The topological polar surface area (TPSA) is 55.4 Å². The summed E-state index contributed by atoms with van der Waals surface area (Å²) in [7, 11) is 0. The summed E-state index contributed by atoms with van der Waals surface area (Å²) in [6.45, 7) is 5.74. The number of halogens is 1. The SMILES string of the molecule is Cc1ccc(C)c(OCC(=O)Nc2ccc(Cl)cc2C(=O)c2ccccc2)c1C. The van der Waals surface area contributed by atoms with E-state index >= 15 is 0 Å². The molecule has 148 valence electrons. The van der Waals surface area contributed by atoms with Gasteiger partial charge in [0, 0.05) is 16.1 Å². The third-order valence-electron chi connectivity index (χ3n) is 4.76. The smallest absolute Gasteiger partial charge is 0.262 e. The molecule has 29 heavy (non-hydrogen) atoms. The van der Waals surface area contributed by atoms with Crippen molar-refractivity contribution in [1.82, 2.24) is 0 Å². The van der Waals surface area contributed by atoms with E-state index < -0.39 is 0 Å². The number of hydrogen-bond acceptors (Lipinski definition) is 3. The summed E-state index contributed by atoms with van der Waals surface area (Å²) in [6.07, 6.45) is 0. The zero-order valence-corrected chi connectivity index (χ0v) is 17.3. The van der Waals surface area contributed by atoms with Crippen LogP contribution in [0, 0.1) is 20.8 Å². The first kappa shape index (κ1) is 20.6. The van der Waals surface area contributed by atoms with E-state index in [1.165, 1.54) is 0 Å². The van der Waals surface area contributed by atoms with Gasteiger partial charge in [-0.2, -0.15) is 0 Å². The van der Waals surface area contributed by atoms with Gasteiger partial charge < -0.3 is 10.1 Å². The molecule has 0 spiro atoms. The van der Waals surface area contributed by atoms with Crippen LogP contribution < -0.4 is 10.1 Å². The molecule has 0 saturated heterocycles. The number of hydrogen-bond donors (Lipinski definition) is 1. The number of rotatable bonds is 6. The van der Waals surface area contributed by atoms with Gasteiger partial charge in [0.05, 0.1) is 5.69 Å². The maximum absolute atomic E-state index is 12.9. The van der Waals surface area contributed by atoms with Gasteiger partial charge in [-0.1, -0.05) is 54.1 Å². The Hall–Kier alpha value is -3.11. The second-order valence-corrected chi connectivity index (χ2v) is 7.31. The van der Waals surface area contributed by atoms with E-state index in [4.69, 9.17) is 16.3 Å². The van der Waals surface area contributed by atoms with E-state index in [2.05, 4.69) is 5.32 Å². The molecule has 1 N–H and O–H groups in total. The molecule has 0 heterocycles. The summed E-state index contributed by atoms with van der Waals surface area (Å²) in [5.74, 6) is 0.140. The van der Waals surface area contributed by atoms with Gasteiger partial charge in [-0.25, -0.2) is 0 Å². The van der Waals surface area contributed by atoms with Crippen molar-refractivity contribution in [1.29, 1.82) is 0 Å². The Balaban J connectivity index is 1.78. The van der Waals surface area contributed by atoms with Crippen LogP contribution in [0.2, 0.25) is 5.02 Å². The molecule has 0 bridgehead atoms. The predicted octanol–water partition coefficient (Wildman–Crippen LogP) is 5.51. The monoisotopic (exact) mass is 407 g/mol. The molecule has 1 amide bonds. The number of amides is 1. The molecule has 0 fully saturated rings. The fraction of sp³-hybridized carbons (Fsp3) is 0.167. The fourth-order valence-corrected chi connectivity index (χ4v) is 3.20. The number of ether oxygens (including phenoxy) is 1. The largest absolute Gasteiger partial charge is 0.483 e. The first-order valence-corrected chi connectivity index (χ1v) is 9.63. The zero-order chi connectivity index (χ0) is 21.0. The van der Waals surface area contributed by atoms with E-state index in [1.807, 2.05) is 39.0 Å². The van der Waals surface area contributed by atoms with Gasteiger partial charge in [0.15, 0.2) is 12.4 Å². The van der Waals surface area contributed by atoms with Crippen LogP contribution in [0.4, 0.5) is 5.69 Å². The van der Waals surface area contributed by atoms with Crippen LogP contribution >= 0.6 is 11.6 Å². The molecule has 0 aliphatic carbocycles. The molecule has 0 aromatic heterocycles. The molecule has 0 unspecified atom stereocenters. The Morgan fingerprint density at radius 1 is 0.931 bits per heavy atom. The van der Waals surface area contributed by atoms with Crippen molar-refractivity contribution in [2.24, 2.45) is 0 Å². The zero-order valence-electron chi connectivity index (χ0n) is 16.6. The van der Waals surface area contributed by atoms with Crippen LogP contribution in [-0.4, -0.2) is 18.3 Å². The summed E-state index contributed by atoms with van der Waals surface area (Å²) in [6, 6.07) is 17.7. The standard InChI is InChI=1S/C24H22ClNO3/c1-15-9-10-16(2)24(17(15)3)29-14-22(27)26-21-12-11-19(25)13-20(21)23(28)18-7-5-4-6-8-18/h4-13H,14H2,1-3H3,(H,26,27). The normalized spacial score (nSPS) is 10.5. The Morgan fingerprint density at radius 2 is 1.62 bits per heavy atom. The molecular formula is C24H22ClNO3. The minimum Gasteiger partial charge on any atom is -0.483 e. The van der Waals surface area contributed by atoms with E-state index in [9.17, 15) is 9.59 Å². The van der Waals surface area contributed by atoms with E-state index in [0.717, 1.165) is 16.7 Å². The van der Waals surface area contributed by atoms with Crippen molar-refractivity contribution < 1.29 is 14.3 Å². The Kier molecular flexibility index (Phi) is 6.35. The molecule has 4 nitrogen and oxygen atoms in total. The molecule has 3 aromatic rings. The van der Waals surface area contributed by atoms with Crippen molar-refractivity contribution in [2.45, 2.75) is 20.8 Å². The fourth-order valence-electron chi connectivity index (χ4n) is 3.03. The third-order valence-corrected chi connectivity index (χ3v) is 4.99. The number of aryl methyl sites for hydroxylation is 2. The predicted molar refractivity (Wildman–Crippen MR) is 116 cm³/mol. The van der Waals surface area contributed by atoms with Gasteiger partial charge in [0.1, 0.15) is 5.75 Å². The molecule has 0 atom stereocenters. The average molecular weight is 408 g/mol. The highest BCUT2D eigenvalue weighted by atomic mass is 35.5. The number of carbonyl (C=O) groups excluding carboxylic acids is 2. The molecule has 0 aliphatic heterocycles. The van der Waals surface area contributed by atoms with Crippen molar-refractivity contribution in [3.05, 3.63) is 93.5 Å². The number of benzene rings is 3. The summed E-state index contributed by atoms with van der Waals surface area (Å²) >= 11 is 6.09. The second-order valence-electron chi connectivity index (χ2n) is 6.88. The minimum absolute atomic E-state index is 0.160. The van der Waals surface area contributed by atoms with Gasteiger partial charge in [-0.3, -0.25) is 9.59 Å². The molecular weight excluding hydrogens is 386 g/mol. The van der Waals surface area contributed by atoms with Crippen molar-refractivity contribution in [3.63, 3.8) is 0 Å². The van der Waals surface area contributed by atoms with E-state index in [-0.39, 0.29) is 18.3 Å². The summed E-state index contributed by atoms with van der Waals surface area (Å²) in [5.41, 5.74) is 4.32. The molecule has 0 saturated carbocycles. The van der Waals surface area contributed by atoms with Gasteiger partial charge in [0.2, 0.25) is 0 Å². The number of nitrogens with one attached hydrogen (secondary N) is 1. The molecule has 0 radical (unpaired) electrons. The Bertz CT molecular complexity index is 1060. The summed E-state index contributed by atoms with van der Waals surface area (Å²) < 4.78 is 5.77. The molecule has 0 aliphatic rings. The Morgan fingerprint density at radius 3 is 2.34 bits per heavy atom. The highest BCUT2D eigenvalue weighted by molar-refractivity contribution is 6.31. The quantitative estimate of drug-likeness (QED) is 0.548. The van der Waals surface area contributed by atoms with Crippen molar-refractivity contribution in [3.8, 4) is 5.75 Å². The molecule has 5 heteroatoms. The van der Waals surface area contributed by atoms with Gasteiger partial charge >= 0.3 is 0 Å². The van der Waals surface area contributed by atoms with Gasteiger partial charge in [0.25, 0.3) is 5.91 Å². The third kappa shape index (κ3) is 4.84. The average Bonchev–Trinajstić information content (AvgIpc) is 2.72. The Labute approximate surface area is 175 Å². The minimum atomic E-state index is -0.352. The number of ketones is 1. The highest BCUT2D eigenvalue weighted by Gasteiger charge is 2.17. The lowest BCUT2D eigenvalue weighted by molar-refractivity contribution is -0.118. The van der Waals surface area contributed by atoms with Gasteiger partial charge in [-0.05, 0) is 55.7 Å². The number of carbonyl (C=O) groups is 2. The van der Waals surface area contributed by atoms with Crippen LogP contribution in [0.25, 0.3) is 0 Å². The summed E-state index contributed by atoms with van der Waals surface area (Å²) in [5, 5.41) is 3.19. The molecule has 3 aromatic carbocycles. The van der Waals surface area contributed by atoms with Crippen LogP contribution in [0.5, 0.6) is 5.75 Å². The van der Waals surface area contributed by atoms with E-state index in [0.29, 0.717) is 27.6 Å². The first-order chi connectivity index (χ1) is 13.9. The maximum Gasteiger partial charge on any atom is 0.262 e. The maximum atomic E-state index is 12.9. The summed E-state index contributed by atoms with van der Waals surface area (Å²) in [4.78, 5) is 25.4. The van der Waals surface area contributed by atoms with Crippen LogP contribution in [0.1, 0.15) is 32.6 Å². The van der Waals surface area contributed by atoms with Gasteiger partial charge in [-0.15, -0.1) is 0 Å².